The molecule has 3 aliphatic carbocycles. The molecule has 2 heterocycles. The minimum Gasteiger partial charge on any atom is -0.508 e. The van der Waals surface area contributed by atoms with Crippen LogP contribution in [0.25, 0.3) is 0 Å². The number of thioether (sulfide) groups is 1. The van der Waals surface area contributed by atoms with Crippen LogP contribution in [0.2, 0.25) is 0 Å². The van der Waals surface area contributed by atoms with Crippen LogP contribution in [0.1, 0.15) is 133 Å². The summed E-state index contributed by atoms with van der Waals surface area (Å²) in [5.74, 6) is 2.39. The Morgan fingerprint density at radius 3 is 2.48 bits per heavy atom. The van der Waals surface area contributed by atoms with Gasteiger partial charge in [-0.2, -0.15) is 11.8 Å². The number of urea groups is 1. The van der Waals surface area contributed by atoms with E-state index < -0.39 is 0 Å². The lowest BCUT2D eigenvalue weighted by atomic mass is 9.55. The molecule has 6 rings (SSSR count). The molecular formula is C44H68N6O7S. The quantitative estimate of drug-likeness (QED) is 0.0600. The Bertz CT molecular complexity index is 1630. The number of fused-ring (bicyclic) bond motifs is 6. The van der Waals surface area contributed by atoms with Gasteiger partial charge in [0.25, 0.3) is 5.91 Å². The second-order valence-corrected chi connectivity index (χ2v) is 19.1. The van der Waals surface area contributed by atoms with Crippen LogP contribution in [-0.2, 0) is 19.2 Å². The van der Waals surface area contributed by atoms with Gasteiger partial charge in [-0.05, 0) is 111 Å². The number of phenolic OH excluding ortho intramolecular Hbond substituents is 1. The van der Waals surface area contributed by atoms with Gasteiger partial charge in [0.1, 0.15) is 5.75 Å². The standard InChI is InChI=1S/C44H68N6O7S/c1-44-21-20-31-30-17-16-29(51)25-33(30)35(26-32(31)34(44)18-19-38(44)52)48-57-27-41(55)50(3)24-12-5-4-11-23-49(2)40(54)15-7-6-10-22-45-39(53)14-9-8-13-37-42-36(28-58-37)46-43(56)47-42/h16-17,25,31-32,34,36-38,42,51-52H,4-15,18-24,26-28H2,1-3H3,(H,45,53)(H2,46,47,56)/b48-35-/t31-,32-,34+,36+,37+,38+,42+,44+/m1/s1. The van der Waals surface area contributed by atoms with Crippen LogP contribution in [0, 0.1) is 17.3 Å². The Kier molecular flexibility index (Phi) is 15.7. The van der Waals surface area contributed by atoms with E-state index in [1.807, 2.05) is 29.8 Å². The number of likely N-dealkylation sites (N-methyl/N-ethyl adjacent to an activating group) is 1. The summed E-state index contributed by atoms with van der Waals surface area (Å²) in [6.45, 7) is 4.07. The fourth-order valence-electron chi connectivity index (χ4n) is 10.4. The highest BCUT2D eigenvalue weighted by Crippen LogP contribution is 2.61. The van der Waals surface area contributed by atoms with Crippen LogP contribution in [0.4, 0.5) is 4.79 Å². The van der Waals surface area contributed by atoms with Gasteiger partial charge in [0, 0.05) is 63.1 Å². The molecule has 14 heteroatoms. The molecule has 322 valence electrons. The first-order valence-electron chi connectivity index (χ1n) is 22.1. The monoisotopic (exact) mass is 824 g/mol. The van der Waals surface area contributed by atoms with E-state index in [1.165, 1.54) is 5.56 Å². The van der Waals surface area contributed by atoms with Crippen molar-refractivity contribution in [1.82, 2.24) is 25.8 Å². The van der Waals surface area contributed by atoms with E-state index in [9.17, 15) is 29.4 Å². The maximum atomic E-state index is 12.9. The van der Waals surface area contributed by atoms with Crippen LogP contribution in [0.5, 0.6) is 5.75 Å². The van der Waals surface area contributed by atoms with Gasteiger partial charge < -0.3 is 40.8 Å². The molecule has 0 radical (unpaired) electrons. The maximum absolute atomic E-state index is 12.9. The molecule has 58 heavy (non-hydrogen) atoms. The molecule has 5 aliphatic rings. The molecule has 5 N–H and O–H groups in total. The van der Waals surface area contributed by atoms with Crippen LogP contribution in [0.3, 0.4) is 0 Å². The number of aromatic hydroxyl groups is 1. The molecule has 0 spiro atoms. The zero-order valence-electron chi connectivity index (χ0n) is 35.0. The molecule has 13 nitrogen and oxygen atoms in total. The summed E-state index contributed by atoms with van der Waals surface area (Å²) >= 11 is 1.91. The van der Waals surface area contributed by atoms with Crippen LogP contribution in [-0.4, -0.2) is 119 Å². The van der Waals surface area contributed by atoms with Gasteiger partial charge >= 0.3 is 6.03 Å². The van der Waals surface area contributed by atoms with Crippen molar-refractivity contribution in [3.05, 3.63) is 29.3 Å². The van der Waals surface area contributed by atoms with Crippen molar-refractivity contribution in [2.75, 3.05) is 46.1 Å². The number of aliphatic hydroxyl groups excluding tert-OH is 1. The Morgan fingerprint density at radius 2 is 1.69 bits per heavy atom. The third-order valence-corrected chi connectivity index (χ3v) is 15.5. The number of carbonyl (C=O) groups is 4. The lowest BCUT2D eigenvalue weighted by molar-refractivity contribution is -0.135. The number of unbranched alkanes of at least 4 members (excludes halogenated alkanes) is 6. The van der Waals surface area contributed by atoms with Gasteiger partial charge in [0.2, 0.25) is 11.8 Å². The molecule has 8 atom stereocenters. The van der Waals surface area contributed by atoms with E-state index in [-0.39, 0.29) is 59.7 Å². The Labute approximate surface area is 349 Å². The summed E-state index contributed by atoms with van der Waals surface area (Å²) < 4.78 is 0. The maximum Gasteiger partial charge on any atom is 0.315 e. The number of phenols is 1. The molecule has 1 aromatic rings. The minimum absolute atomic E-state index is 0.0614. The molecule has 0 bridgehead atoms. The van der Waals surface area contributed by atoms with Gasteiger partial charge in [-0.1, -0.05) is 43.8 Å². The summed E-state index contributed by atoms with van der Waals surface area (Å²) in [7, 11) is 3.65. The highest BCUT2D eigenvalue weighted by molar-refractivity contribution is 8.00. The topological polar surface area (TPSA) is 173 Å². The van der Waals surface area contributed by atoms with Gasteiger partial charge in [0.15, 0.2) is 6.61 Å². The van der Waals surface area contributed by atoms with E-state index >= 15 is 0 Å². The lowest BCUT2D eigenvalue weighted by Gasteiger charge is -2.50. The average Bonchev–Trinajstić information content (AvgIpc) is 3.86. The second-order valence-electron chi connectivity index (χ2n) is 17.9. The molecule has 5 amide bonds. The summed E-state index contributed by atoms with van der Waals surface area (Å²) in [6, 6.07) is 5.92. The van der Waals surface area contributed by atoms with Gasteiger partial charge in [-0.25, -0.2) is 4.79 Å². The van der Waals surface area contributed by atoms with Crippen molar-refractivity contribution in [2.45, 2.75) is 145 Å². The predicted octanol–water partition coefficient (Wildman–Crippen LogP) is 5.67. The predicted molar refractivity (Wildman–Crippen MR) is 227 cm³/mol. The number of amides is 5. The smallest absolute Gasteiger partial charge is 0.315 e. The van der Waals surface area contributed by atoms with Crippen LogP contribution < -0.4 is 16.0 Å². The lowest BCUT2D eigenvalue weighted by Crippen LogP contribution is -2.45. The first kappa shape index (κ1) is 44.0. The van der Waals surface area contributed by atoms with Crippen LogP contribution in [0.15, 0.2) is 23.4 Å². The zero-order chi connectivity index (χ0) is 41.2. The van der Waals surface area contributed by atoms with Crippen molar-refractivity contribution >= 4 is 41.2 Å². The second kappa shape index (κ2) is 20.6. The molecule has 1 aromatic carbocycles. The number of hydrogen-bond donors (Lipinski definition) is 5. The van der Waals surface area contributed by atoms with E-state index in [0.29, 0.717) is 61.9 Å². The highest BCUT2D eigenvalue weighted by Gasteiger charge is 2.55. The number of nitrogens with zero attached hydrogens (tertiary/aromatic N) is 3. The van der Waals surface area contributed by atoms with Crippen molar-refractivity contribution in [3.8, 4) is 5.75 Å². The summed E-state index contributed by atoms with van der Waals surface area (Å²) in [4.78, 5) is 58.5. The summed E-state index contributed by atoms with van der Waals surface area (Å²) in [5, 5.41) is 35.0. The highest BCUT2D eigenvalue weighted by atomic mass is 32.2. The number of rotatable bonds is 21. The van der Waals surface area contributed by atoms with Crippen LogP contribution >= 0.6 is 11.8 Å². The van der Waals surface area contributed by atoms with Crippen molar-refractivity contribution in [1.29, 1.82) is 0 Å². The SMILES string of the molecule is CN(CCCCCCN(C)C(=O)CO/N=C1/C[C@@H]2[C@H](CC[C@]3(C)[C@@H](O)CC[C@@H]23)c2ccc(O)cc21)C(=O)CCCCCNC(=O)CCCC[C@@H]1SC[C@@H]2NC(=O)N[C@@H]21. The zero-order valence-corrected chi connectivity index (χ0v) is 35.8. The van der Waals surface area contributed by atoms with Gasteiger partial charge in [-0.15, -0.1) is 0 Å². The van der Waals surface area contributed by atoms with Crippen molar-refractivity contribution < 1.29 is 34.2 Å². The fraction of sp³-hybridized carbons (Fsp3) is 0.750. The number of nitrogens with one attached hydrogen (secondary N) is 3. The fourth-order valence-corrected chi connectivity index (χ4v) is 11.9. The third-order valence-electron chi connectivity index (χ3n) is 14.0. The molecule has 2 saturated carbocycles. The Hall–Kier alpha value is -3.52. The van der Waals surface area contributed by atoms with E-state index in [2.05, 4.69) is 28.0 Å². The first-order chi connectivity index (χ1) is 27.9. The molecule has 2 aliphatic heterocycles. The van der Waals surface area contributed by atoms with E-state index in [1.54, 1.807) is 24.1 Å². The minimum atomic E-state index is -0.267. The normalized spacial score (nSPS) is 28.8. The van der Waals surface area contributed by atoms with Gasteiger partial charge in [0.05, 0.1) is 23.9 Å². The summed E-state index contributed by atoms with van der Waals surface area (Å²) in [5.41, 5.74) is 2.79. The number of aliphatic hydroxyl groups is 1. The molecular weight excluding hydrogens is 757 g/mol. The first-order valence-corrected chi connectivity index (χ1v) is 23.1. The summed E-state index contributed by atoms with van der Waals surface area (Å²) in [6.07, 6.45) is 14.5. The van der Waals surface area contributed by atoms with E-state index in [4.69, 9.17) is 4.84 Å². The molecule has 4 fully saturated rings. The van der Waals surface area contributed by atoms with Gasteiger partial charge in [-0.3, -0.25) is 14.4 Å². The largest absolute Gasteiger partial charge is 0.508 e. The molecule has 0 unspecified atom stereocenters. The third kappa shape index (κ3) is 11.0. The molecule has 0 aromatic heterocycles. The average molecular weight is 825 g/mol. The van der Waals surface area contributed by atoms with Crippen molar-refractivity contribution in [3.63, 3.8) is 0 Å². The van der Waals surface area contributed by atoms with Crippen molar-refractivity contribution in [2.24, 2.45) is 22.4 Å². The molecule has 2 saturated heterocycles. The number of carbonyl (C=O) groups excluding carboxylic acids is 4. The number of oxime groups is 1. The number of hydrogen-bond acceptors (Lipinski definition) is 9. The number of benzene rings is 1. The Morgan fingerprint density at radius 1 is 0.948 bits per heavy atom. The Balaban J connectivity index is 0.776. The van der Waals surface area contributed by atoms with E-state index in [0.717, 1.165) is 107 Å².